The molecule has 3 heterocycles. The van der Waals surface area contributed by atoms with Gasteiger partial charge in [0.1, 0.15) is 4.83 Å². The van der Waals surface area contributed by atoms with Crippen LogP contribution in [-0.2, 0) is 16.6 Å². The number of nitrogens with zero attached hydrogens (tertiary/aromatic N) is 2. The smallest absolute Gasteiger partial charge is 0.305 e. The van der Waals surface area contributed by atoms with Gasteiger partial charge in [-0.1, -0.05) is 13.8 Å². The number of thiophene rings is 1. The van der Waals surface area contributed by atoms with Gasteiger partial charge in [-0.25, -0.2) is 0 Å². The minimum Gasteiger partial charge on any atom is -0.481 e. The molecule has 1 fully saturated rings. The zero-order valence-corrected chi connectivity index (χ0v) is 15.5. The molecule has 2 N–H and O–H groups in total. The number of carboxylic acid groups (broad SMARTS) is 1. The third-order valence-electron chi connectivity index (χ3n) is 4.63. The molecule has 0 atom stereocenters. The Bertz CT molecular complexity index is 802. The number of carboxylic acids is 1. The minimum absolute atomic E-state index is 0.0915. The summed E-state index contributed by atoms with van der Waals surface area (Å²) in [6, 6.07) is 1.87. The Morgan fingerprint density at radius 2 is 2.12 bits per heavy atom. The average molecular weight is 365 g/mol. The van der Waals surface area contributed by atoms with E-state index in [0.29, 0.717) is 30.9 Å². The van der Waals surface area contributed by atoms with Crippen molar-refractivity contribution in [3.8, 4) is 0 Å². The number of hydrogen-bond donors (Lipinski definition) is 2. The van der Waals surface area contributed by atoms with E-state index in [9.17, 15) is 14.7 Å². The van der Waals surface area contributed by atoms with Crippen LogP contribution in [0, 0.1) is 0 Å². The Balaban J connectivity index is 1.88. The molecule has 1 amide bonds. The molecule has 0 radical (unpaired) electrons. The van der Waals surface area contributed by atoms with Gasteiger partial charge in [0.05, 0.1) is 22.5 Å². The van der Waals surface area contributed by atoms with Crippen molar-refractivity contribution in [2.24, 2.45) is 7.05 Å². The molecule has 7 nitrogen and oxygen atoms in total. The molecule has 3 rings (SSSR count). The van der Waals surface area contributed by atoms with Crippen LogP contribution in [0.25, 0.3) is 10.2 Å². The number of fused-ring (bicyclic) bond motifs is 1. The van der Waals surface area contributed by atoms with Crippen molar-refractivity contribution in [1.82, 2.24) is 15.1 Å². The maximum absolute atomic E-state index is 12.8. The van der Waals surface area contributed by atoms with Crippen LogP contribution in [0.5, 0.6) is 0 Å². The number of ether oxygens (including phenoxy) is 1. The first-order valence-electron chi connectivity index (χ1n) is 8.40. The summed E-state index contributed by atoms with van der Waals surface area (Å²) in [5.74, 6) is -0.869. The second-order valence-corrected chi connectivity index (χ2v) is 7.94. The van der Waals surface area contributed by atoms with Crippen molar-refractivity contribution in [1.29, 1.82) is 0 Å². The van der Waals surface area contributed by atoms with E-state index in [4.69, 9.17) is 4.74 Å². The topological polar surface area (TPSA) is 93.5 Å². The third kappa shape index (κ3) is 3.55. The van der Waals surface area contributed by atoms with Crippen molar-refractivity contribution in [3.05, 3.63) is 16.6 Å². The zero-order valence-electron chi connectivity index (χ0n) is 14.7. The van der Waals surface area contributed by atoms with Crippen molar-refractivity contribution < 1.29 is 19.4 Å². The lowest BCUT2D eigenvalue weighted by Gasteiger charge is -2.36. The molecule has 0 unspecified atom stereocenters. The Kier molecular flexibility index (Phi) is 4.83. The van der Waals surface area contributed by atoms with Crippen LogP contribution in [0.1, 0.15) is 54.4 Å². The number of aryl methyl sites for hydroxylation is 1. The summed E-state index contributed by atoms with van der Waals surface area (Å²) < 4.78 is 7.13. The Morgan fingerprint density at radius 1 is 1.44 bits per heavy atom. The van der Waals surface area contributed by atoms with Crippen LogP contribution in [0.4, 0.5) is 0 Å². The average Bonchev–Trinajstić information content (AvgIpc) is 3.08. The molecule has 1 aliphatic rings. The fourth-order valence-electron chi connectivity index (χ4n) is 3.30. The van der Waals surface area contributed by atoms with Gasteiger partial charge in [-0.2, -0.15) is 5.10 Å². The van der Waals surface area contributed by atoms with Crippen LogP contribution in [0.3, 0.4) is 0 Å². The van der Waals surface area contributed by atoms with Crippen LogP contribution in [-0.4, -0.2) is 45.5 Å². The maximum atomic E-state index is 12.8. The highest BCUT2D eigenvalue weighted by atomic mass is 32.1. The summed E-state index contributed by atoms with van der Waals surface area (Å²) in [7, 11) is 1.87. The van der Waals surface area contributed by atoms with E-state index in [2.05, 4.69) is 24.3 Å². The Morgan fingerprint density at radius 3 is 2.72 bits per heavy atom. The van der Waals surface area contributed by atoms with Gasteiger partial charge in [-0.3, -0.25) is 14.3 Å². The monoisotopic (exact) mass is 365 g/mol. The fourth-order valence-corrected chi connectivity index (χ4v) is 4.28. The summed E-state index contributed by atoms with van der Waals surface area (Å²) in [5.41, 5.74) is 0.232. The molecule has 2 aromatic heterocycles. The number of nitrogens with one attached hydrogen (secondary N) is 1. The molecule has 2 aromatic rings. The number of aliphatic carboxylic acids is 1. The molecule has 1 aliphatic heterocycles. The number of carbonyl (C=O) groups is 2. The summed E-state index contributed by atoms with van der Waals surface area (Å²) in [5, 5.41) is 17.7. The molecule has 8 heteroatoms. The lowest BCUT2D eigenvalue weighted by Crippen LogP contribution is -2.53. The normalized spacial score (nSPS) is 17.1. The Hall–Kier alpha value is -1.93. The molecule has 0 saturated carbocycles. The van der Waals surface area contributed by atoms with Gasteiger partial charge in [0, 0.05) is 25.6 Å². The third-order valence-corrected chi connectivity index (χ3v) is 5.83. The van der Waals surface area contributed by atoms with Crippen LogP contribution in [0.15, 0.2) is 6.07 Å². The van der Waals surface area contributed by atoms with E-state index in [0.717, 1.165) is 15.9 Å². The van der Waals surface area contributed by atoms with E-state index in [1.54, 1.807) is 4.68 Å². The molecule has 0 aromatic carbocycles. The first kappa shape index (κ1) is 17.9. The summed E-state index contributed by atoms with van der Waals surface area (Å²) in [6.07, 6.45) is 0.926. The van der Waals surface area contributed by atoms with Crippen molar-refractivity contribution in [3.63, 3.8) is 0 Å². The molecular weight excluding hydrogens is 342 g/mol. The highest BCUT2D eigenvalue weighted by molar-refractivity contribution is 7.20. The van der Waals surface area contributed by atoms with Gasteiger partial charge in [-0.15, -0.1) is 11.3 Å². The first-order chi connectivity index (χ1) is 11.8. The lowest BCUT2D eigenvalue weighted by molar-refractivity contribution is -0.139. The number of hydrogen-bond acceptors (Lipinski definition) is 5. The number of amides is 1. The van der Waals surface area contributed by atoms with E-state index in [1.807, 2.05) is 13.1 Å². The number of carbonyl (C=O) groups excluding carboxylic acids is 1. The minimum atomic E-state index is -0.912. The van der Waals surface area contributed by atoms with Crippen molar-refractivity contribution >= 4 is 33.4 Å². The predicted molar refractivity (Wildman–Crippen MR) is 95.2 cm³/mol. The maximum Gasteiger partial charge on any atom is 0.305 e. The van der Waals surface area contributed by atoms with E-state index >= 15 is 0 Å². The quantitative estimate of drug-likeness (QED) is 0.849. The van der Waals surface area contributed by atoms with Crippen LogP contribution in [0.2, 0.25) is 0 Å². The van der Waals surface area contributed by atoms with Crippen LogP contribution >= 0.6 is 11.3 Å². The second-order valence-electron chi connectivity index (χ2n) is 6.91. The summed E-state index contributed by atoms with van der Waals surface area (Å²) in [4.78, 5) is 25.6. The Labute approximate surface area is 150 Å². The first-order valence-corrected chi connectivity index (χ1v) is 9.21. The lowest BCUT2D eigenvalue weighted by atomic mass is 9.86. The van der Waals surface area contributed by atoms with Gasteiger partial charge in [0.15, 0.2) is 0 Å². The molecule has 0 bridgehead atoms. The van der Waals surface area contributed by atoms with E-state index < -0.39 is 11.5 Å². The molecule has 0 spiro atoms. The molecular formula is C17H23N3O4S. The largest absolute Gasteiger partial charge is 0.481 e. The zero-order chi connectivity index (χ0) is 18.2. The van der Waals surface area contributed by atoms with Gasteiger partial charge in [-0.05, 0) is 24.8 Å². The molecule has 0 aliphatic carbocycles. The van der Waals surface area contributed by atoms with Crippen LogP contribution < -0.4 is 5.32 Å². The standard InChI is InChI=1S/C17H23N3O4S/c1-10(2)14-11-8-12(25-16(11)20(3)19-14)15(23)18-17(9-13(21)22)4-6-24-7-5-17/h8,10H,4-7,9H2,1-3H3,(H,18,23)(H,21,22). The van der Waals surface area contributed by atoms with Gasteiger partial charge in [0.25, 0.3) is 5.91 Å². The molecule has 1 saturated heterocycles. The van der Waals surface area contributed by atoms with Gasteiger partial charge >= 0.3 is 5.97 Å². The molecule has 25 heavy (non-hydrogen) atoms. The van der Waals surface area contributed by atoms with E-state index in [-0.39, 0.29) is 18.2 Å². The summed E-state index contributed by atoms with van der Waals surface area (Å²) >= 11 is 1.39. The van der Waals surface area contributed by atoms with Crippen molar-refractivity contribution in [2.45, 2.75) is 44.6 Å². The molecule has 136 valence electrons. The number of rotatable bonds is 5. The second kappa shape index (κ2) is 6.76. The fraction of sp³-hybridized carbons (Fsp3) is 0.588. The van der Waals surface area contributed by atoms with Gasteiger partial charge < -0.3 is 15.2 Å². The highest BCUT2D eigenvalue weighted by Gasteiger charge is 2.37. The number of aromatic nitrogens is 2. The van der Waals surface area contributed by atoms with Crippen molar-refractivity contribution in [2.75, 3.05) is 13.2 Å². The SMILES string of the molecule is CC(C)c1nn(C)c2sc(C(=O)NC3(CC(=O)O)CCOCC3)cc12. The van der Waals surface area contributed by atoms with Gasteiger partial charge in [0.2, 0.25) is 0 Å². The summed E-state index contributed by atoms with van der Waals surface area (Å²) in [6.45, 7) is 5.06. The highest BCUT2D eigenvalue weighted by Crippen LogP contribution is 2.32. The predicted octanol–water partition coefficient (Wildman–Crippen LogP) is 2.51. The van der Waals surface area contributed by atoms with E-state index in [1.165, 1.54) is 11.3 Å².